The molecule has 1 aromatic rings. The molecule has 0 aromatic heterocycles. The molecule has 23 heavy (non-hydrogen) atoms. The van der Waals surface area contributed by atoms with E-state index in [-0.39, 0.29) is 29.4 Å². The van der Waals surface area contributed by atoms with E-state index in [1.54, 1.807) is 0 Å². The predicted molar refractivity (Wildman–Crippen MR) is 109 cm³/mol. The molecule has 0 bridgehead atoms. The molecule has 1 aliphatic rings. The number of anilines is 1. The van der Waals surface area contributed by atoms with Crippen LogP contribution in [0.15, 0.2) is 29.3 Å². The number of ether oxygens (including phenoxy) is 1. The Kier molecular flexibility index (Phi) is 8.91. The third kappa shape index (κ3) is 6.67. The lowest BCUT2D eigenvalue weighted by Crippen LogP contribution is -2.28. The van der Waals surface area contributed by atoms with Gasteiger partial charge < -0.3 is 15.8 Å². The second-order valence-corrected chi connectivity index (χ2v) is 6.35. The number of rotatable bonds is 7. The summed E-state index contributed by atoms with van der Waals surface area (Å²) in [5.74, 6) is 0.508. The standard InChI is InChI=1S/C18H29N3O.HI/c1-3-22-12-11-18(9-4-5-10-18)14-20-17(19)21-16-8-6-7-15(2)13-16;/h6-8,13H,3-5,9-12,14H2,1-2H3,(H3,19,20,21);1H. The second kappa shape index (κ2) is 10.1. The van der Waals surface area contributed by atoms with Crippen LogP contribution in [0.1, 0.15) is 44.6 Å². The van der Waals surface area contributed by atoms with Crippen LogP contribution in [-0.2, 0) is 4.74 Å². The monoisotopic (exact) mass is 431 g/mol. The molecular formula is C18H30IN3O. The van der Waals surface area contributed by atoms with Crippen LogP contribution in [0.3, 0.4) is 0 Å². The molecule has 4 nitrogen and oxygen atoms in total. The molecule has 0 saturated heterocycles. The van der Waals surface area contributed by atoms with Crippen LogP contribution in [0, 0.1) is 12.3 Å². The first kappa shape index (κ1) is 20.2. The van der Waals surface area contributed by atoms with Crippen LogP contribution in [-0.4, -0.2) is 25.7 Å². The maximum absolute atomic E-state index is 6.06. The Bertz CT molecular complexity index is 499. The Morgan fingerprint density at radius 1 is 1.35 bits per heavy atom. The SMILES string of the molecule is CCOCCC1(CN=C(N)Nc2cccc(C)c2)CCCC1.I. The largest absolute Gasteiger partial charge is 0.382 e. The molecule has 0 heterocycles. The molecule has 5 heteroatoms. The van der Waals surface area contributed by atoms with Crippen molar-refractivity contribution in [2.24, 2.45) is 16.1 Å². The van der Waals surface area contributed by atoms with Gasteiger partial charge in [0.05, 0.1) is 0 Å². The van der Waals surface area contributed by atoms with Gasteiger partial charge in [-0.05, 0) is 56.2 Å². The fourth-order valence-electron chi connectivity index (χ4n) is 3.21. The minimum absolute atomic E-state index is 0. The molecule has 0 unspecified atom stereocenters. The van der Waals surface area contributed by atoms with Gasteiger partial charge in [0.25, 0.3) is 0 Å². The van der Waals surface area contributed by atoms with Gasteiger partial charge in [0.1, 0.15) is 0 Å². The van der Waals surface area contributed by atoms with Crippen molar-refractivity contribution in [3.63, 3.8) is 0 Å². The Morgan fingerprint density at radius 3 is 2.74 bits per heavy atom. The summed E-state index contributed by atoms with van der Waals surface area (Å²) in [6, 6.07) is 8.17. The fourth-order valence-corrected chi connectivity index (χ4v) is 3.21. The van der Waals surface area contributed by atoms with E-state index in [4.69, 9.17) is 10.5 Å². The zero-order chi connectivity index (χ0) is 15.8. The number of halogens is 1. The molecular weight excluding hydrogens is 401 g/mol. The van der Waals surface area contributed by atoms with Crippen LogP contribution in [0.4, 0.5) is 5.69 Å². The Balaban J connectivity index is 0.00000264. The van der Waals surface area contributed by atoms with Crippen molar-refractivity contribution < 1.29 is 4.74 Å². The minimum atomic E-state index is 0. The van der Waals surface area contributed by atoms with E-state index in [0.29, 0.717) is 5.96 Å². The highest BCUT2D eigenvalue weighted by molar-refractivity contribution is 14.0. The highest BCUT2D eigenvalue weighted by Gasteiger charge is 2.33. The van der Waals surface area contributed by atoms with Gasteiger partial charge in [-0.15, -0.1) is 24.0 Å². The normalized spacial score (nSPS) is 16.9. The van der Waals surface area contributed by atoms with Crippen LogP contribution >= 0.6 is 24.0 Å². The van der Waals surface area contributed by atoms with Crippen LogP contribution in [0.25, 0.3) is 0 Å². The van der Waals surface area contributed by atoms with Gasteiger partial charge in [-0.3, -0.25) is 4.99 Å². The molecule has 130 valence electrons. The van der Waals surface area contributed by atoms with Crippen molar-refractivity contribution in [2.75, 3.05) is 25.1 Å². The lowest BCUT2D eigenvalue weighted by atomic mass is 9.83. The number of hydrogen-bond acceptors (Lipinski definition) is 2. The zero-order valence-corrected chi connectivity index (χ0v) is 16.6. The summed E-state index contributed by atoms with van der Waals surface area (Å²) in [4.78, 5) is 4.61. The van der Waals surface area contributed by atoms with Gasteiger partial charge in [0, 0.05) is 25.4 Å². The van der Waals surface area contributed by atoms with Crippen molar-refractivity contribution in [3.05, 3.63) is 29.8 Å². The summed E-state index contributed by atoms with van der Waals surface area (Å²) < 4.78 is 5.54. The highest BCUT2D eigenvalue weighted by atomic mass is 127. The van der Waals surface area contributed by atoms with Crippen molar-refractivity contribution in [3.8, 4) is 0 Å². The van der Waals surface area contributed by atoms with Gasteiger partial charge in [0.15, 0.2) is 5.96 Å². The molecule has 1 aromatic carbocycles. The maximum atomic E-state index is 6.06. The van der Waals surface area contributed by atoms with Gasteiger partial charge >= 0.3 is 0 Å². The van der Waals surface area contributed by atoms with Gasteiger partial charge in [-0.1, -0.05) is 25.0 Å². The van der Waals surface area contributed by atoms with Crippen LogP contribution in [0.5, 0.6) is 0 Å². The Labute approximate surface area is 157 Å². The highest BCUT2D eigenvalue weighted by Crippen LogP contribution is 2.41. The average molecular weight is 431 g/mol. The zero-order valence-electron chi connectivity index (χ0n) is 14.3. The fraction of sp³-hybridized carbons (Fsp3) is 0.611. The molecule has 1 fully saturated rings. The molecule has 3 N–H and O–H groups in total. The first-order valence-corrected chi connectivity index (χ1v) is 8.35. The first-order valence-electron chi connectivity index (χ1n) is 8.35. The summed E-state index contributed by atoms with van der Waals surface area (Å²) in [7, 11) is 0. The summed E-state index contributed by atoms with van der Waals surface area (Å²) in [6.45, 7) is 6.53. The smallest absolute Gasteiger partial charge is 0.193 e. The number of benzene rings is 1. The second-order valence-electron chi connectivity index (χ2n) is 6.35. The summed E-state index contributed by atoms with van der Waals surface area (Å²) in [5, 5.41) is 3.19. The maximum Gasteiger partial charge on any atom is 0.193 e. The third-order valence-corrected chi connectivity index (χ3v) is 4.52. The topological polar surface area (TPSA) is 59.6 Å². The summed E-state index contributed by atoms with van der Waals surface area (Å²) >= 11 is 0. The molecule has 0 spiro atoms. The Hall–Kier alpha value is -0.820. The molecule has 1 aliphatic carbocycles. The molecule has 0 amide bonds. The number of nitrogens with zero attached hydrogens (tertiary/aromatic N) is 1. The number of aliphatic imine (C=N–C) groups is 1. The van der Waals surface area contributed by atoms with E-state index in [0.717, 1.165) is 31.9 Å². The minimum Gasteiger partial charge on any atom is -0.382 e. The molecule has 1 saturated carbocycles. The summed E-state index contributed by atoms with van der Waals surface area (Å²) in [5.41, 5.74) is 8.55. The van der Waals surface area contributed by atoms with Crippen molar-refractivity contribution in [1.82, 2.24) is 0 Å². The number of guanidine groups is 1. The Morgan fingerprint density at radius 2 is 2.09 bits per heavy atom. The lowest BCUT2D eigenvalue weighted by Gasteiger charge is -2.27. The van der Waals surface area contributed by atoms with Gasteiger partial charge in [-0.25, -0.2) is 0 Å². The van der Waals surface area contributed by atoms with Gasteiger partial charge in [0.2, 0.25) is 0 Å². The lowest BCUT2D eigenvalue weighted by molar-refractivity contribution is 0.107. The van der Waals surface area contributed by atoms with Crippen LogP contribution in [0.2, 0.25) is 0 Å². The van der Waals surface area contributed by atoms with E-state index in [1.807, 2.05) is 19.1 Å². The van der Waals surface area contributed by atoms with E-state index in [2.05, 4.69) is 29.4 Å². The number of nitrogens with one attached hydrogen (secondary N) is 1. The number of aryl methyl sites for hydroxylation is 1. The molecule has 0 radical (unpaired) electrons. The predicted octanol–water partition coefficient (Wildman–Crippen LogP) is 4.33. The van der Waals surface area contributed by atoms with Crippen molar-refractivity contribution >= 4 is 35.6 Å². The third-order valence-electron chi connectivity index (χ3n) is 4.52. The summed E-state index contributed by atoms with van der Waals surface area (Å²) in [6.07, 6.45) is 6.16. The van der Waals surface area contributed by atoms with Crippen molar-refractivity contribution in [2.45, 2.75) is 46.0 Å². The van der Waals surface area contributed by atoms with E-state index >= 15 is 0 Å². The van der Waals surface area contributed by atoms with Crippen molar-refractivity contribution in [1.29, 1.82) is 0 Å². The molecule has 2 rings (SSSR count). The quantitative estimate of drug-likeness (QED) is 0.293. The van der Waals surface area contributed by atoms with Gasteiger partial charge in [-0.2, -0.15) is 0 Å². The van der Waals surface area contributed by atoms with E-state index in [1.165, 1.54) is 31.2 Å². The molecule has 0 atom stereocenters. The van der Waals surface area contributed by atoms with E-state index in [9.17, 15) is 0 Å². The molecule has 0 aliphatic heterocycles. The number of hydrogen-bond donors (Lipinski definition) is 2. The first-order chi connectivity index (χ1) is 10.6. The van der Waals surface area contributed by atoms with Crippen LogP contribution < -0.4 is 11.1 Å². The average Bonchev–Trinajstić information content (AvgIpc) is 2.95. The van der Waals surface area contributed by atoms with E-state index < -0.39 is 0 Å². The number of nitrogens with two attached hydrogens (primary N) is 1.